The number of ether oxygens (including phenoxy) is 1. The molecule has 0 bridgehead atoms. The van der Waals surface area contributed by atoms with E-state index in [9.17, 15) is 5.11 Å². The van der Waals surface area contributed by atoms with Gasteiger partial charge in [0.1, 0.15) is 5.75 Å². The van der Waals surface area contributed by atoms with Gasteiger partial charge in [-0.2, -0.15) is 0 Å². The highest BCUT2D eigenvalue weighted by Gasteiger charge is 2.12. The van der Waals surface area contributed by atoms with E-state index in [2.05, 4.69) is 10.3 Å². The molecule has 100 valence electrons. The second-order valence-corrected chi connectivity index (χ2v) is 4.49. The molecule has 1 aromatic heterocycles. The van der Waals surface area contributed by atoms with Crippen LogP contribution >= 0.6 is 0 Å². The monoisotopic (exact) mass is 258 g/mol. The number of methoxy groups -OCH3 is 1. The highest BCUT2D eigenvalue weighted by Crippen LogP contribution is 2.30. The molecule has 2 aromatic rings. The number of hydrogen-bond donors (Lipinski definition) is 2. The van der Waals surface area contributed by atoms with E-state index in [0.717, 1.165) is 16.8 Å². The first-order valence-corrected chi connectivity index (χ1v) is 6.17. The predicted molar refractivity (Wildman–Crippen MR) is 75.7 cm³/mol. The van der Waals surface area contributed by atoms with Crippen LogP contribution in [-0.4, -0.2) is 17.2 Å². The number of pyridine rings is 1. The lowest BCUT2D eigenvalue weighted by Gasteiger charge is -2.18. The van der Waals surface area contributed by atoms with E-state index in [0.29, 0.717) is 11.6 Å². The fourth-order valence-electron chi connectivity index (χ4n) is 1.99. The van der Waals surface area contributed by atoms with Gasteiger partial charge in [-0.3, -0.25) is 0 Å². The van der Waals surface area contributed by atoms with Gasteiger partial charge in [-0.15, -0.1) is 0 Å². The van der Waals surface area contributed by atoms with E-state index in [1.807, 2.05) is 38.1 Å². The van der Waals surface area contributed by atoms with Crippen molar-refractivity contribution in [3.63, 3.8) is 0 Å². The molecule has 0 aliphatic rings. The molecule has 2 N–H and O–H groups in total. The number of rotatable bonds is 4. The van der Waals surface area contributed by atoms with Crippen molar-refractivity contribution in [1.29, 1.82) is 0 Å². The van der Waals surface area contributed by atoms with Crippen LogP contribution in [0.3, 0.4) is 0 Å². The van der Waals surface area contributed by atoms with Gasteiger partial charge in [0, 0.05) is 11.8 Å². The summed E-state index contributed by atoms with van der Waals surface area (Å²) in [7, 11) is 1.58. The van der Waals surface area contributed by atoms with Gasteiger partial charge in [0.05, 0.1) is 18.8 Å². The molecule has 0 amide bonds. The minimum Gasteiger partial charge on any atom is -0.508 e. The van der Waals surface area contributed by atoms with Crippen molar-refractivity contribution in [3.8, 4) is 11.6 Å². The molecule has 0 saturated carbocycles. The molecule has 1 aromatic carbocycles. The fraction of sp³-hybridized carbons (Fsp3) is 0.267. The molecule has 0 spiro atoms. The first-order chi connectivity index (χ1) is 9.11. The quantitative estimate of drug-likeness (QED) is 0.883. The summed E-state index contributed by atoms with van der Waals surface area (Å²) in [6.45, 7) is 3.93. The number of nitrogens with zero attached hydrogens (tertiary/aromatic N) is 1. The molecule has 2 rings (SSSR count). The lowest BCUT2D eigenvalue weighted by molar-refractivity contribution is 0.399. The van der Waals surface area contributed by atoms with Gasteiger partial charge >= 0.3 is 0 Å². The molecule has 0 fully saturated rings. The first-order valence-electron chi connectivity index (χ1n) is 6.17. The maximum absolute atomic E-state index is 9.98. The molecular formula is C15H18N2O2. The Morgan fingerprint density at radius 3 is 2.79 bits per heavy atom. The molecule has 0 radical (unpaired) electrons. The van der Waals surface area contributed by atoms with Crippen LogP contribution in [0.1, 0.15) is 24.1 Å². The van der Waals surface area contributed by atoms with Crippen LogP contribution in [0.4, 0.5) is 5.69 Å². The Hall–Kier alpha value is -2.23. The first kappa shape index (κ1) is 13.2. The minimum atomic E-state index is -0.0429. The van der Waals surface area contributed by atoms with Gasteiger partial charge in [-0.1, -0.05) is 12.1 Å². The Kier molecular flexibility index (Phi) is 3.90. The van der Waals surface area contributed by atoms with Crippen LogP contribution in [0.15, 0.2) is 36.5 Å². The Bertz CT molecular complexity index is 570. The summed E-state index contributed by atoms with van der Waals surface area (Å²) in [5.41, 5.74) is 2.68. The number of aromatic hydroxyl groups is 1. The molecule has 0 saturated heterocycles. The largest absolute Gasteiger partial charge is 0.508 e. The summed E-state index contributed by atoms with van der Waals surface area (Å²) in [6.07, 6.45) is 1.68. The van der Waals surface area contributed by atoms with Crippen LogP contribution in [0.25, 0.3) is 0 Å². The summed E-state index contributed by atoms with van der Waals surface area (Å²) in [4.78, 5) is 4.13. The number of anilines is 1. The molecular weight excluding hydrogens is 240 g/mol. The van der Waals surface area contributed by atoms with Gasteiger partial charge in [0.15, 0.2) is 0 Å². The van der Waals surface area contributed by atoms with Crippen molar-refractivity contribution in [3.05, 3.63) is 47.7 Å². The maximum Gasteiger partial charge on any atom is 0.237 e. The zero-order chi connectivity index (χ0) is 13.8. The van der Waals surface area contributed by atoms with Crippen molar-refractivity contribution in [2.24, 2.45) is 0 Å². The van der Waals surface area contributed by atoms with Gasteiger partial charge in [-0.05, 0) is 37.6 Å². The average molecular weight is 258 g/mol. The highest BCUT2D eigenvalue weighted by molar-refractivity contribution is 5.54. The van der Waals surface area contributed by atoms with Gasteiger partial charge in [-0.25, -0.2) is 4.98 Å². The number of phenolic OH excluding ortho intramolecular Hbond substituents is 1. The lowest BCUT2D eigenvalue weighted by atomic mass is 10.0. The number of benzene rings is 1. The average Bonchev–Trinajstić information content (AvgIpc) is 2.39. The van der Waals surface area contributed by atoms with Crippen molar-refractivity contribution in [2.75, 3.05) is 12.4 Å². The molecule has 1 heterocycles. The van der Waals surface area contributed by atoms with Crippen LogP contribution in [-0.2, 0) is 0 Å². The topological polar surface area (TPSA) is 54.4 Å². The zero-order valence-electron chi connectivity index (χ0n) is 11.3. The van der Waals surface area contributed by atoms with Crippen molar-refractivity contribution in [2.45, 2.75) is 19.9 Å². The Labute approximate surface area is 113 Å². The van der Waals surface area contributed by atoms with E-state index in [1.165, 1.54) is 0 Å². The Morgan fingerprint density at radius 2 is 2.11 bits per heavy atom. The van der Waals surface area contributed by atoms with E-state index < -0.39 is 0 Å². The minimum absolute atomic E-state index is 0.0429. The van der Waals surface area contributed by atoms with Crippen molar-refractivity contribution >= 4 is 5.69 Å². The molecule has 4 nitrogen and oxygen atoms in total. The highest BCUT2D eigenvalue weighted by atomic mass is 16.5. The smallest absolute Gasteiger partial charge is 0.237 e. The lowest BCUT2D eigenvalue weighted by Crippen LogP contribution is -2.08. The molecule has 0 aliphatic heterocycles. The third-order valence-corrected chi connectivity index (χ3v) is 2.99. The second kappa shape index (κ2) is 5.61. The van der Waals surface area contributed by atoms with Crippen LogP contribution < -0.4 is 10.1 Å². The number of nitrogens with one attached hydrogen (secondary N) is 1. The third-order valence-electron chi connectivity index (χ3n) is 2.99. The summed E-state index contributed by atoms with van der Waals surface area (Å²) in [5, 5.41) is 13.3. The Morgan fingerprint density at radius 1 is 1.32 bits per heavy atom. The van der Waals surface area contributed by atoms with E-state index in [-0.39, 0.29) is 6.04 Å². The number of phenols is 1. The van der Waals surface area contributed by atoms with E-state index in [1.54, 1.807) is 19.4 Å². The van der Waals surface area contributed by atoms with E-state index in [4.69, 9.17) is 4.74 Å². The van der Waals surface area contributed by atoms with E-state index >= 15 is 0 Å². The van der Waals surface area contributed by atoms with Crippen LogP contribution in [0, 0.1) is 6.92 Å². The standard InChI is InChI=1S/C15H18N2O2/c1-10-6-7-12(14(18)9-10)11(2)17-13-5-4-8-16-15(13)19-3/h4-9,11,17-18H,1-3H3. The third kappa shape index (κ3) is 2.96. The normalized spacial score (nSPS) is 11.9. The predicted octanol–water partition coefficient (Wildman–Crippen LogP) is 3.28. The molecule has 1 unspecified atom stereocenters. The van der Waals surface area contributed by atoms with Gasteiger partial charge in [0.25, 0.3) is 0 Å². The number of hydrogen-bond acceptors (Lipinski definition) is 4. The summed E-state index contributed by atoms with van der Waals surface area (Å²) in [5.74, 6) is 0.837. The molecule has 4 heteroatoms. The van der Waals surface area contributed by atoms with Gasteiger partial charge < -0.3 is 15.2 Å². The van der Waals surface area contributed by atoms with Gasteiger partial charge in [0.2, 0.25) is 5.88 Å². The second-order valence-electron chi connectivity index (χ2n) is 4.49. The Balaban J connectivity index is 2.23. The maximum atomic E-state index is 9.98. The zero-order valence-corrected chi connectivity index (χ0v) is 11.3. The molecule has 19 heavy (non-hydrogen) atoms. The molecule has 1 atom stereocenters. The number of aryl methyl sites for hydroxylation is 1. The summed E-state index contributed by atoms with van der Waals surface area (Å²) >= 11 is 0. The van der Waals surface area contributed by atoms with Crippen molar-refractivity contribution < 1.29 is 9.84 Å². The van der Waals surface area contributed by atoms with Crippen LogP contribution in [0.2, 0.25) is 0 Å². The number of aromatic nitrogens is 1. The van der Waals surface area contributed by atoms with Crippen molar-refractivity contribution in [1.82, 2.24) is 4.98 Å². The SMILES string of the molecule is COc1ncccc1NC(C)c1ccc(C)cc1O. The van der Waals surface area contributed by atoms with Crippen LogP contribution in [0.5, 0.6) is 11.6 Å². The summed E-state index contributed by atoms with van der Waals surface area (Å²) < 4.78 is 5.20. The fourth-order valence-corrected chi connectivity index (χ4v) is 1.99. The summed E-state index contributed by atoms with van der Waals surface area (Å²) in [6, 6.07) is 9.35. The molecule has 0 aliphatic carbocycles.